The van der Waals surface area contributed by atoms with Gasteiger partial charge >= 0.3 is 0 Å². The van der Waals surface area contributed by atoms with Crippen molar-refractivity contribution in [2.75, 3.05) is 27.3 Å². The number of aromatic amines is 1. The summed E-state index contributed by atoms with van der Waals surface area (Å²) >= 11 is 0. The highest BCUT2D eigenvalue weighted by atomic mass is 19.1. The maximum Gasteiger partial charge on any atom is 0.167 e. The van der Waals surface area contributed by atoms with Gasteiger partial charge in [0.1, 0.15) is 11.6 Å². The van der Waals surface area contributed by atoms with E-state index in [4.69, 9.17) is 9.47 Å². The lowest BCUT2D eigenvalue weighted by Crippen LogP contribution is -2.38. The van der Waals surface area contributed by atoms with E-state index < -0.39 is 0 Å². The molecule has 0 spiro atoms. The van der Waals surface area contributed by atoms with Crippen molar-refractivity contribution in [3.63, 3.8) is 0 Å². The Balaban J connectivity index is 1.46. The van der Waals surface area contributed by atoms with Gasteiger partial charge in [-0.15, -0.1) is 0 Å². The second-order valence-corrected chi connectivity index (χ2v) is 7.35. The van der Waals surface area contributed by atoms with Gasteiger partial charge in [-0.25, -0.2) is 9.37 Å². The molecule has 2 aromatic carbocycles. The molecule has 1 fully saturated rings. The van der Waals surface area contributed by atoms with E-state index in [1.165, 1.54) is 12.1 Å². The number of carbonyl (C=O) groups is 1. The zero-order valence-corrected chi connectivity index (χ0v) is 16.6. The number of nitrogens with zero attached hydrogens (tertiary/aromatic N) is 2. The Hall–Kier alpha value is -2.93. The lowest BCUT2D eigenvalue weighted by molar-refractivity contribution is 0.0808. The van der Waals surface area contributed by atoms with Crippen LogP contribution in [0.25, 0.3) is 11.0 Å². The summed E-state index contributed by atoms with van der Waals surface area (Å²) in [7, 11) is 3.14. The standard InChI is InChI=1S/C22H24FN3O3/c1-28-19-8-5-14(10-20(19)29-2)22(27)15-4-3-9-26(12-15)13-21-24-17-7-6-16(23)11-18(17)25-21/h5-8,10-11,15H,3-4,9,12-13H2,1-2H3,(H,24,25)/t15-/m0/s1. The summed E-state index contributed by atoms with van der Waals surface area (Å²) in [4.78, 5) is 23.0. The maximum atomic E-state index is 13.4. The van der Waals surface area contributed by atoms with Crippen LogP contribution in [0.1, 0.15) is 29.0 Å². The van der Waals surface area contributed by atoms with E-state index in [2.05, 4.69) is 14.9 Å². The Morgan fingerprint density at radius 2 is 2.03 bits per heavy atom. The molecule has 0 radical (unpaired) electrons. The summed E-state index contributed by atoms with van der Waals surface area (Å²) in [5.74, 6) is 1.69. The van der Waals surface area contributed by atoms with Gasteiger partial charge in [-0.3, -0.25) is 9.69 Å². The first-order valence-electron chi connectivity index (χ1n) is 9.70. The summed E-state index contributed by atoms with van der Waals surface area (Å²) in [5.41, 5.74) is 2.07. The van der Waals surface area contributed by atoms with Gasteiger partial charge in [0.05, 0.1) is 31.8 Å². The number of Topliss-reactive ketones (excluding diaryl/α,β-unsaturated/α-hetero) is 1. The van der Waals surface area contributed by atoms with Crippen LogP contribution in [0.4, 0.5) is 4.39 Å². The van der Waals surface area contributed by atoms with Crippen LogP contribution in [-0.4, -0.2) is 48.0 Å². The van der Waals surface area contributed by atoms with Crippen LogP contribution < -0.4 is 9.47 Å². The molecule has 4 rings (SSSR count). The number of imidazole rings is 1. The fourth-order valence-electron chi connectivity index (χ4n) is 3.96. The molecule has 0 amide bonds. The molecular formula is C22H24FN3O3. The number of halogens is 1. The van der Waals surface area contributed by atoms with Gasteiger partial charge in [-0.05, 0) is 55.8 Å². The number of methoxy groups -OCH3 is 2. The molecule has 0 unspecified atom stereocenters. The van der Waals surface area contributed by atoms with Crippen molar-refractivity contribution in [1.29, 1.82) is 0 Å². The first-order chi connectivity index (χ1) is 14.1. The number of likely N-dealkylation sites (tertiary alicyclic amines) is 1. The summed E-state index contributed by atoms with van der Waals surface area (Å²) in [6, 6.07) is 9.83. The molecule has 152 valence electrons. The van der Waals surface area contributed by atoms with Crippen molar-refractivity contribution in [2.24, 2.45) is 5.92 Å². The number of ketones is 1. The minimum Gasteiger partial charge on any atom is -0.493 e. The van der Waals surface area contributed by atoms with E-state index in [9.17, 15) is 9.18 Å². The first kappa shape index (κ1) is 19.4. The van der Waals surface area contributed by atoms with E-state index in [1.807, 2.05) is 0 Å². The van der Waals surface area contributed by atoms with Crippen LogP contribution in [0.5, 0.6) is 11.5 Å². The quantitative estimate of drug-likeness (QED) is 0.641. The van der Waals surface area contributed by atoms with Crippen molar-refractivity contribution < 1.29 is 18.7 Å². The molecule has 1 N–H and O–H groups in total. The molecular weight excluding hydrogens is 373 g/mol. The monoisotopic (exact) mass is 397 g/mol. The zero-order chi connectivity index (χ0) is 20.4. The Morgan fingerprint density at radius 1 is 1.21 bits per heavy atom. The molecule has 29 heavy (non-hydrogen) atoms. The third-order valence-electron chi connectivity index (χ3n) is 5.41. The molecule has 0 saturated carbocycles. The smallest absolute Gasteiger partial charge is 0.167 e. The van der Waals surface area contributed by atoms with E-state index in [0.717, 1.165) is 30.7 Å². The highest BCUT2D eigenvalue weighted by Gasteiger charge is 2.27. The van der Waals surface area contributed by atoms with Crippen LogP contribution in [0.15, 0.2) is 36.4 Å². The van der Waals surface area contributed by atoms with E-state index in [0.29, 0.717) is 35.7 Å². The molecule has 7 heteroatoms. The van der Waals surface area contributed by atoms with Crippen LogP contribution >= 0.6 is 0 Å². The Bertz CT molecular complexity index is 1030. The predicted octanol–water partition coefficient (Wildman–Crippen LogP) is 3.81. The Kier molecular flexibility index (Phi) is 5.49. The molecule has 1 aliphatic heterocycles. The second kappa shape index (κ2) is 8.21. The fraction of sp³-hybridized carbons (Fsp3) is 0.364. The number of hydrogen-bond donors (Lipinski definition) is 1. The van der Waals surface area contributed by atoms with Crippen molar-refractivity contribution in [1.82, 2.24) is 14.9 Å². The largest absolute Gasteiger partial charge is 0.493 e. The third-order valence-corrected chi connectivity index (χ3v) is 5.41. The summed E-state index contributed by atoms with van der Waals surface area (Å²) in [6.45, 7) is 2.17. The normalized spacial score (nSPS) is 17.4. The number of nitrogens with one attached hydrogen (secondary N) is 1. The minimum absolute atomic E-state index is 0.0799. The van der Waals surface area contributed by atoms with Gasteiger partial charge in [-0.1, -0.05) is 0 Å². The summed E-state index contributed by atoms with van der Waals surface area (Å²) in [5, 5.41) is 0. The average molecular weight is 397 g/mol. The molecule has 1 saturated heterocycles. The van der Waals surface area contributed by atoms with Crippen molar-refractivity contribution >= 4 is 16.8 Å². The average Bonchev–Trinajstić information content (AvgIpc) is 3.14. The van der Waals surface area contributed by atoms with Gasteiger partial charge < -0.3 is 14.5 Å². The van der Waals surface area contributed by atoms with Crippen molar-refractivity contribution in [2.45, 2.75) is 19.4 Å². The number of aromatic nitrogens is 2. The molecule has 2 heterocycles. The fourth-order valence-corrected chi connectivity index (χ4v) is 3.96. The van der Waals surface area contributed by atoms with Crippen LogP contribution in [-0.2, 0) is 6.54 Å². The first-order valence-corrected chi connectivity index (χ1v) is 9.70. The molecule has 1 aromatic heterocycles. The zero-order valence-electron chi connectivity index (χ0n) is 16.6. The van der Waals surface area contributed by atoms with Crippen LogP contribution in [0.2, 0.25) is 0 Å². The number of fused-ring (bicyclic) bond motifs is 1. The number of piperidine rings is 1. The molecule has 3 aromatic rings. The lowest BCUT2D eigenvalue weighted by atomic mass is 9.90. The number of hydrogen-bond acceptors (Lipinski definition) is 5. The van der Waals surface area contributed by atoms with E-state index in [1.54, 1.807) is 38.5 Å². The molecule has 1 atom stereocenters. The highest BCUT2D eigenvalue weighted by Crippen LogP contribution is 2.30. The third kappa shape index (κ3) is 4.10. The molecule has 0 aliphatic carbocycles. The van der Waals surface area contributed by atoms with E-state index >= 15 is 0 Å². The van der Waals surface area contributed by atoms with Crippen LogP contribution in [0, 0.1) is 11.7 Å². The summed E-state index contributed by atoms with van der Waals surface area (Å²) in [6.07, 6.45) is 1.80. The molecule has 6 nitrogen and oxygen atoms in total. The van der Waals surface area contributed by atoms with Gasteiger partial charge in [0.15, 0.2) is 17.3 Å². The number of H-pyrrole nitrogens is 1. The van der Waals surface area contributed by atoms with Crippen LogP contribution in [0.3, 0.4) is 0 Å². The van der Waals surface area contributed by atoms with Gasteiger partial charge in [0, 0.05) is 18.0 Å². The number of rotatable bonds is 6. The Labute approximate surface area is 168 Å². The second-order valence-electron chi connectivity index (χ2n) is 7.35. The number of ether oxygens (including phenoxy) is 2. The SMILES string of the molecule is COc1ccc(C(=O)[C@H]2CCCN(Cc3nc4ccc(F)cc4[nH]3)C2)cc1OC. The Morgan fingerprint density at radius 3 is 2.83 bits per heavy atom. The lowest BCUT2D eigenvalue weighted by Gasteiger charge is -2.31. The van der Waals surface area contributed by atoms with Gasteiger partial charge in [0.2, 0.25) is 0 Å². The van der Waals surface area contributed by atoms with E-state index in [-0.39, 0.29) is 17.5 Å². The highest BCUT2D eigenvalue weighted by molar-refractivity contribution is 5.98. The number of benzene rings is 2. The maximum absolute atomic E-state index is 13.4. The minimum atomic E-state index is -0.286. The predicted molar refractivity (Wildman–Crippen MR) is 108 cm³/mol. The van der Waals surface area contributed by atoms with Crippen molar-refractivity contribution in [3.05, 3.63) is 53.6 Å². The summed E-state index contributed by atoms with van der Waals surface area (Å²) < 4.78 is 24.0. The number of carbonyl (C=O) groups excluding carboxylic acids is 1. The molecule has 1 aliphatic rings. The van der Waals surface area contributed by atoms with Crippen molar-refractivity contribution in [3.8, 4) is 11.5 Å². The topological polar surface area (TPSA) is 67.5 Å². The molecule has 0 bridgehead atoms. The van der Waals surface area contributed by atoms with Gasteiger partial charge in [-0.2, -0.15) is 0 Å². The van der Waals surface area contributed by atoms with Gasteiger partial charge in [0.25, 0.3) is 0 Å².